The number of esters is 1. The molecule has 0 aliphatic heterocycles. The molecule has 1 atom stereocenters. The fraction of sp³-hybridized carbons (Fsp3) is 0.538. The molecule has 0 radical (unpaired) electrons. The van der Waals surface area contributed by atoms with E-state index in [1.165, 1.54) is 4.90 Å². The lowest BCUT2D eigenvalue weighted by Crippen LogP contribution is -2.45. The summed E-state index contributed by atoms with van der Waals surface area (Å²) in [6.07, 6.45) is 1.72. The van der Waals surface area contributed by atoms with Gasteiger partial charge in [0, 0.05) is 6.04 Å². The average Bonchev–Trinajstić information content (AvgIpc) is 3.23. The molecule has 1 heterocycles. The van der Waals surface area contributed by atoms with Crippen LogP contribution in [0.15, 0.2) is 0 Å². The molecule has 1 aliphatic rings. The summed E-state index contributed by atoms with van der Waals surface area (Å²) in [6.45, 7) is 3.65. The summed E-state index contributed by atoms with van der Waals surface area (Å²) in [5.41, 5.74) is 0. The minimum Gasteiger partial charge on any atom is -0.464 e. The summed E-state index contributed by atoms with van der Waals surface area (Å²) in [5.74, 6) is -0.760. The standard InChI is InChI=1S/C13H14Cl3NO3S/c1-3-20-13(19)6(2)17(7-4-5-7)12(18)10-8(14)9(15)11(16)21-10/h6-7H,3-5H2,1-2H3. The molecule has 2 rings (SSSR count). The van der Waals surface area contributed by atoms with Crippen molar-refractivity contribution in [2.45, 2.75) is 38.8 Å². The molecule has 21 heavy (non-hydrogen) atoms. The lowest BCUT2D eigenvalue weighted by molar-refractivity contribution is -0.148. The van der Waals surface area contributed by atoms with E-state index < -0.39 is 12.0 Å². The summed E-state index contributed by atoms with van der Waals surface area (Å²) in [6, 6.07) is -0.631. The first-order valence-corrected chi connectivity index (χ1v) is 8.46. The maximum atomic E-state index is 12.7. The second kappa shape index (κ2) is 6.73. The SMILES string of the molecule is CCOC(=O)C(C)N(C(=O)c1sc(Cl)c(Cl)c1Cl)C1CC1. The van der Waals surface area contributed by atoms with Crippen LogP contribution in [0.1, 0.15) is 36.4 Å². The van der Waals surface area contributed by atoms with Crippen molar-refractivity contribution in [3.63, 3.8) is 0 Å². The predicted octanol–water partition coefficient (Wildman–Crippen LogP) is 4.26. The molecule has 0 bridgehead atoms. The Morgan fingerprint density at radius 1 is 1.33 bits per heavy atom. The topological polar surface area (TPSA) is 46.6 Å². The summed E-state index contributed by atoms with van der Waals surface area (Å²) < 4.78 is 5.26. The number of halogens is 3. The molecule has 1 unspecified atom stereocenters. The Balaban J connectivity index is 2.28. The zero-order chi connectivity index (χ0) is 15.7. The van der Waals surface area contributed by atoms with Crippen LogP contribution in [0.25, 0.3) is 0 Å². The van der Waals surface area contributed by atoms with E-state index in [-0.39, 0.29) is 37.8 Å². The van der Waals surface area contributed by atoms with Gasteiger partial charge in [0.2, 0.25) is 0 Å². The zero-order valence-corrected chi connectivity index (χ0v) is 14.6. The second-order valence-corrected chi connectivity index (χ2v) is 7.08. The number of amides is 1. The maximum absolute atomic E-state index is 12.7. The zero-order valence-electron chi connectivity index (χ0n) is 11.5. The minimum absolute atomic E-state index is 0.0348. The van der Waals surface area contributed by atoms with Crippen LogP contribution in [-0.4, -0.2) is 35.5 Å². The van der Waals surface area contributed by atoms with E-state index in [0.717, 1.165) is 24.2 Å². The molecule has 0 aromatic carbocycles. The molecule has 0 spiro atoms. The van der Waals surface area contributed by atoms with Gasteiger partial charge in [0.25, 0.3) is 5.91 Å². The van der Waals surface area contributed by atoms with E-state index in [1.54, 1.807) is 13.8 Å². The lowest BCUT2D eigenvalue weighted by Gasteiger charge is -2.27. The van der Waals surface area contributed by atoms with Crippen molar-refractivity contribution < 1.29 is 14.3 Å². The molecular formula is C13H14Cl3NO3S. The van der Waals surface area contributed by atoms with Gasteiger partial charge < -0.3 is 9.64 Å². The van der Waals surface area contributed by atoms with Crippen LogP contribution in [-0.2, 0) is 9.53 Å². The van der Waals surface area contributed by atoms with E-state index in [4.69, 9.17) is 39.5 Å². The number of carbonyl (C=O) groups excluding carboxylic acids is 2. The van der Waals surface area contributed by atoms with Gasteiger partial charge in [-0.25, -0.2) is 4.79 Å². The first kappa shape index (κ1) is 16.9. The Kier molecular flexibility index (Phi) is 5.41. The van der Waals surface area contributed by atoms with Crippen molar-refractivity contribution in [3.8, 4) is 0 Å². The molecule has 1 saturated carbocycles. The molecule has 0 N–H and O–H groups in total. The van der Waals surface area contributed by atoms with Gasteiger partial charge in [-0.15, -0.1) is 11.3 Å². The fourth-order valence-electron chi connectivity index (χ4n) is 2.01. The number of nitrogens with zero attached hydrogens (tertiary/aromatic N) is 1. The van der Waals surface area contributed by atoms with Gasteiger partial charge in [-0.05, 0) is 26.7 Å². The van der Waals surface area contributed by atoms with E-state index >= 15 is 0 Å². The van der Waals surface area contributed by atoms with Gasteiger partial charge in [0.15, 0.2) is 0 Å². The molecule has 1 fully saturated rings. The minimum atomic E-state index is -0.666. The monoisotopic (exact) mass is 369 g/mol. The molecule has 116 valence electrons. The largest absolute Gasteiger partial charge is 0.464 e. The van der Waals surface area contributed by atoms with Crippen LogP contribution in [0.2, 0.25) is 14.4 Å². The Morgan fingerprint density at radius 3 is 2.38 bits per heavy atom. The quantitative estimate of drug-likeness (QED) is 0.727. The molecule has 1 aromatic rings. The molecule has 4 nitrogen and oxygen atoms in total. The second-order valence-electron chi connectivity index (χ2n) is 4.70. The van der Waals surface area contributed by atoms with Crippen LogP contribution in [0.3, 0.4) is 0 Å². The molecule has 1 aliphatic carbocycles. The van der Waals surface area contributed by atoms with Gasteiger partial charge in [-0.1, -0.05) is 34.8 Å². The highest BCUT2D eigenvalue weighted by atomic mass is 35.5. The van der Waals surface area contributed by atoms with Crippen molar-refractivity contribution >= 4 is 58.0 Å². The Labute approximate surface area is 141 Å². The van der Waals surface area contributed by atoms with Gasteiger partial charge in [0.05, 0.1) is 16.7 Å². The normalized spacial score (nSPS) is 15.7. The predicted molar refractivity (Wildman–Crippen MR) is 84.6 cm³/mol. The Bertz CT molecular complexity index is 571. The molecule has 1 amide bonds. The van der Waals surface area contributed by atoms with Gasteiger partial charge in [-0.2, -0.15) is 0 Å². The fourth-order valence-corrected chi connectivity index (χ4v) is 3.75. The highest BCUT2D eigenvalue weighted by molar-refractivity contribution is 7.19. The van der Waals surface area contributed by atoms with Crippen molar-refractivity contribution in [2.24, 2.45) is 0 Å². The third-order valence-electron chi connectivity index (χ3n) is 3.17. The van der Waals surface area contributed by atoms with Crippen molar-refractivity contribution in [1.29, 1.82) is 0 Å². The van der Waals surface area contributed by atoms with E-state index in [9.17, 15) is 9.59 Å². The van der Waals surface area contributed by atoms with Gasteiger partial charge >= 0.3 is 5.97 Å². The molecule has 8 heteroatoms. The van der Waals surface area contributed by atoms with Crippen LogP contribution in [0, 0.1) is 0 Å². The summed E-state index contributed by atoms with van der Waals surface area (Å²) >= 11 is 18.9. The molecule has 0 saturated heterocycles. The van der Waals surface area contributed by atoms with Crippen LogP contribution in [0.5, 0.6) is 0 Å². The summed E-state index contributed by atoms with van der Waals surface area (Å²) in [7, 11) is 0. The number of ether oxygens (including phenoxy) is 1. The third-order valence-corrected chi connectivity index (χ3v) is 5.73. The first-order chi connectivity index (χ1) is 9.88. The van der Waals surface area contributed by atoms with Crippen LogP contribution < -0.4 is 0 Å². The Hall–Kier alpha value is -0.490. The van der Waals surface area contributed by atoms with Crippen molar-refractivity contribution in [1.82, 2.24) is 4.90 Å². The number of carbonyl (C=O) groups is 2. The smallest absolute Gasteiger partial charge is 0.328 e. The molecular weight excluding hydrogens is 357 g/mol. The van der Waals surface area contributed by atoms with Gasteiger partial charge in [0.1, 0.15) is 15.3 Å². The summed E-state index contributed by atoms with van der Waals surface area (Å²) in [4.78, 5) is 26.4. The van der Waals surface area contributed by atoms with Gasteiger partial charge in [-0.3, -0.25) is 4.79 Å². The third kappa shape index (κ3) is 3.47. The number of hydrogen-bond donors (Lipinski definition) is 0. The summed E-state index contributed by atoms with van der Waals surface area (Å²) in [5, 5.41) is 0.310. The Morgan fingerprint density at radius 2 is 1.95 bits per heavy atom. The van der Waals surface area contributed by atoms with E-state index in [2.05, 4.69) is 0 Å². The van der Waals surface area contributed by atoms with Crippen molar-refractivity contribution in [3.05, 3.63) is 19.3 Å². The number of rotatable bonds is 5. The first-order valence-electron chi connectivity index (χ1n) is 6.51. The molecule has 1 aromatic heterocycles. The number of thiophene rings is 1. The highest BCUT2D eigenvalue weighted by Crippen LogP contribution is 2.42. The lowest BCUT2D eigenvalue weighted by atomic mass is 10.2. The maximum Gasteiger partial charge on any atom is 0.328 e. The average molecular weight is 371 g/mol. The van der Waals surface area contributed by atoms with Crippen LogP contribution >= 0.6 is 46.1 Å². The van der Waals surface area contributed by atoms with E-state index in [0.29, 0.717) is 0 Å². The highest BCUT2D eigenvalue weighted by Gasteiger charge is 2.40. The number of hydrogen-bond acceptors (Lipinski definition) is 4. The van der Waals surface area contributed by atoms with Crippen molar-refractivity contribution in [2.75, 3.05) is 6.61 Å². The van der Waals surface area contributed by atoms with E-state index in [1.807, 2.05) is 0 Å². The van der Waals surface area contributed by atoms with Crippen LogP contribution in [0.4, 0.5) is 0 Å².